The summed E-state index contributed by atoms with van der Waals surface area (Å²) in [6.07, 6.45) is 1.74. The first-order valence-electron chi connectivity index (χ1n) is 6.54. The van der Waals surface area contributed by atoms with E-state index in [1.807, 2.05) is 11.8 Å². The number of nitro groups is 1. The molecule has 1 unspecified atom stereocenters. The lowest BCUT2D eigenvalue weighted by atomic mass is 9.90. The van der Waals surface area contributed by atoms with Gasteiger partial charge in [0.05, 0.1) is 9.40 Å². The molecular weight excluding hydrogens is 329 g/mol. The Hall–Kier alpha value is -1.21. The maximum absolute atomic E-state index is 13.7. The smallest absolute Gasteiger partial charge is 0.293 e. The number of benzene rings is 1. The summed E-state index contributed by atoms with van der Waals surface area (Å²) in [6, 6.07) is 2.57. The molecule has 1 saturated heterocycles. The fourth-order valence-electron chi connectivity index (χ4n) is 2.59. The van der Waals surface area contributed by atoms with Crippen molar-refractivity contribution in [2.24, 2.45) is 11.7 Å². The second-order valence-corrected chi connectivity index (χ2v) is 6.05. The molecule has 1 aliphatic heterocycles. The molecule has 7 heteroatoms. The SMILES string of the molecule is CC(N)C1CCN(c2cc(F)c(Br)cc2[N+](=O)[O-])CC1. The summed E-state index contributed by atoms with van der Waals surface area (Å²) in [7, 11) is 0. The summed E-state index contributed by atoms with van der Waals surface area (Å²) in [5.74, 6) is -0.0643. The third-order valence-corrected chi connectivity index (χ3v) is 4.45. The zero-order chi connectivity index (χ0) is 14.9. The van der Waals surface area contributed by atoms with Gasteiger partial charge in [-0.3, -0.25) is 10.1 Å². The number of halogens is 2. The average molecular weight is 346 g/mol. The van der Waals surface area contributed by atoms with Gasteiger partial charge in [-0.1, -0.05) is 0 Å². The van der Waals surface area contributed by atoms with Crippen molar-refractivity contribution >= 4 is 27.3 Å². The van der Waals surface area contributed by atoms with Gasteiger partial charge in [0.2, 0.25) is 0 Å². The quantitative estimate of drug-likeness (QED) is 0.674. The molecule has 1 aromatic carbocycles. The van der Waals surface area contributed by atoms with E-state index < -0.39 is 10.7 Å². The molecule has 110 valence electrons. The molecule has 1 aromatic rings. The highest BCUT2D eigenvalue weighted by atomic mass is 79.9. The summed E-state index contributed by atoms with van der Waals surface area (Å²) in [6.45, 7) is 3.30. The van der Waals surface area contributed by atoms with Gasteiger partial charge < -0.3 is 10.6 Å². The Morgan fingerprint density at radius 2 is 2.10 bits per heavy atom. The number of nitro benzene ring substituents is 1. The lowest BCUT2D eigenvalue weighted by Crippen LogP contribution is -2.40. The van der Waals surface area contributed by atoms with Crippen LogP contribution < -0.4 is 10.6 Å². The Labute approximate surface area is 125 Å². The van der Waals surface area contributed by atoms with Crippen LogP contribution in [0, 0.1) is 21.8 Å². The van der Waals surface area contributed by atoms with Crippen LogP contribution in [0.5, 0.6) is 0 Å². The minimum atomic E-state index is -0.486. The van der Waals surface area contributed by atoms with Gasteiger partial charge in [0, 0.05) is 31.3 Å². The van der Waals surface area contributed by atoms with Crippen LogP contribution in [0.25, 0.3) is 0 Å². The van der Waals surface area contributed by atoms with Crippen molar-refractivity contribution in [3.8, 4) is 0 Å². The van der Waals surface area contributed by atoms with Crippen molar-refractivity contribution < 1.29 is 9.31 Å². The summed E-state index contributed by atoms with van der Waals surface area (Å²) in [4.78, 5) is 12.5. The standard InChI is InChI=1S/C13H17BrFN3O2/c1-8(16)9-2-4-17(5-3-9)12-7-11(15)10(14)6-13(12)18(19)20/h6-9H,2-5,16H2,1H3. The molecule has 0 aromatic heterocycles. The van der Waals surface area contributed by atoms with E-state index >= 15 is 0 Å². The molecule has 0 radical (unpaired) electrons. The zero-order valence-corrected chi connectivity index (χ0v) is 12.8. The van der Waals surface area contributed by atoms with E-state index in [0.29, 0.717) is 24.7 Å². The summed E-state index contributed by atoms with van der Waals surface area (Å²) < 4.78 is 13.8. The van der Waals surface area contributed by atoms with Crippen molar-refractivity contribution in [1.29, 1.82) is 0 Å². The molecule has 1 atom stereocenters. The van der Waals surface area contributed by atoms with E-state index in [9.17, 15) is 14.5 Å². The number of piperidine rings is 1. The molecule has 2 rings (SSSR count). The second-order valence-electron chi connectivity index (χ2n) is 5.20. The molecule has 2 N–H and O–H groups in total. The van der Waals surface area contributed by atoms with Crippen molar-refractivity contribution in [2.75, 3.05) is 18.0 Å². The van der Waals surface area contributed by atoms with Crippen LogP contribution in [0.15, 0.2) is 16.6 Å². The van der Waals surface area contributed by atoms with E-state index in [1.165, 1.54) is 12.1 Å². The number of hydrogen-bond donors (Lipinski definition) is 1. The van der Waals surface area contributed by atoms with E-state index in [2.05, 4.69) is 15.9 Å². The van der Waals surface area contributed by atoms with Crippen LogP contribution in [0.3, 0.4) is 0 Å². The second kappa shape index (κ2) is 6.05. The molecule has 1 heterocycles. The van der Waals surface area contributed by atoms with Crippen LogP contribution in [0.2, 0.25) is 0 Å². The van der Waals surface area contributed by atoms with Gasteiger partial charge in [-0.15, -0.1) is 0 Å². The summed E-state index contributed by atoms with van der Waals surface area (Å²) in [5.41, 5.74) is 6.15. The molecular formula is C13H17BrFN3O2. The van der Waals surface area contributed by atoms with Crippen molar-refractivity contribution in [2.45, 2.75) is 25.8 Å². The minimum absolute atomic E-state index is 0.0717. The van der Waals surface area contributed by atoms with Gasteiger partial charge in [-0.2, -0.15) is 0 Å². The van der Waals surface area contributed by atoms with E-state index in [-0.39, 0.29) is 16.2 Å². The minimum Gasteiger partial charge on any atom is -0.366 e. The van der Waals surface area contributed by atoms with Crippen molar-refractivity contribution in [1.82, 2.24) is 0 Å². The van der Waals surface area contributed by atoms with Crippen LogP contribution >= 0.6 is 15.9 Å². The van der Waals surface area contributed by atoms with Crippen molar-refractivity contribution in [3.63, 3.8) is 0 Å². The molecule has 5 nitrogen and oxygen atoms in total. The fraction of sp³-hybridized carbons (Fsp3) is 0.538. The number of hydrogen-bond acceptors (Lipinski definition) is 4. The van der Waals surface area contributed by atoms with Crippen LogP contribution in [0.1, 0.15) is 19.8 Å². The number of rotatable bonds is 3. The van der Waals surface area contributed by atoms with E-state index in [0.717, 1.165) is 12.8 Å². The number of anilines is 1. The third-order valence-electron chi connectivity index (χ3n) is 3.84. The maximum atomic E-state index is 13.7. The first-order valence-corrected chi connectivity index (χ1v) is 7.33. The highest BCUT2D eigenvalue weighted by Crippen LogP contribution is 2.35. The monoisotopic (exact) mass is 345 g/mol. The topological polar surface area (TPSA) is 72.4 Å². The normalized spacial score (nSPS) is 18.1. The average Bonchev–Trinajstić information content (AvgIpc) is 2.41. The van der Waals surface area contributed by atoms with Crippen LogP contribution in [-0.2, 0) is 0 Å². The third kappa shape index (κ3) is 3.09. The Morgan fingerprint density at radius 3 is 2.60 bits per heavy atom. The van der Waals surface area contributed by atoms with E-state index in [4.69, 9.17) is 5.73 Å². The van der Waals surface area contributed by atoms with Gasteiger partial charge in [0.1, 0.15) is 11.5 Å². The lowest BCUT2D eigenvalue weighted by Gasteiger charge is -2.34. The fourth-order valence-corrected chi connectivity index (χ4v) is 2.92. The van der Waals surface area contributed by atoms with Gasteiger partial charge in [0.15, 0.2) is 0 Å². The lowest BCUT2D eigenvalue weighted by molar-refractivity contribution is -0.384. The predicted octanol–water partition coefficient (Wildman–Crippen LogP) is 3.06. The van der Waals surface area contributed by atoms with Gasteiger partial charge in [-0.25, -0.2) is 4.39 Å². The zero-order valence-electron chi connectivity index (χ0n) is 11.2. The summed E-state index contributed by atoms with van der Waals surface area (Å²) in [5, 5.41) is 11.1. The van der Waals surface area contributed by atoms with E-state index in [1.54, 1.807) is 0 Å². The largest absolute Gasteiger partial charge is 0.366 e. The Balaban J connectivity index is 2.25. The van der Waals surface area contributed by atoms with Crippen LogP contribution in [-0.4, -0.2) is 24.1 Å². The molecule has 20 heavy (non-hydrogen) atoms. The first kappa shape index (κ1) is 15.2. The molecule has 1 aliphatic rings. The molecule has 0 aliphatic carbocycles. The Morgan fingerprint density at radius 1 is 1.50 bits per heavy atom. The predicted molar refractivity (Wildman–Crippen MR) is 79.3 cm³/mol. The van der Waals surface area contributed by atoms with Gasteiger partial charge >= 0.3 is 0 Å². The summed E-state index contributed by atoms with van der Waals surface area (Å²) >= 11 is 2.99. The number of nitrogens with zero attached hydrogens (tertiary/aromatic N) is 2. The molecule has 0 spiro atoms. The van der Waals surface area contributed by atoms with Gasteiger partial charge in [-0.05, 0) is 41.6 Å². The highest BCUT2D eigenvalue weighted by molar-refractivity contribution is 9.10. The maximum Gasteiger partial charge on any atom is 0.293 e. The highest BCUT2D eigenvalue weighted by Gasteiger charge is 2.27. The Kier molecular flexibility index (Phi) is 4.59. The molecule has 0 amide bonds. The van der Waals surface area contributed by atoms with Gasteiger partial charge in [0.25, 0.3) is 5.69 Å². The van der Waals surface area contributed by atoms with Crippen LogP contribution in [0.4, 0.5) is 15.8 Å². The molecule has 0 saturated carbocycles. The van der Waals surface area contributed by atoms with Crippen molar-refractivity contribution in [3.05, 3.63) is 32.5 Å². The first-order chi connectivity index (χ1) is 9.40. The Bertz CT molecular complexity index is 517. The molecule has 0 bridgehead atoms. The molecule has 1 fully saturated rings. The number of nitrogens with two attached hydrogens (primary N) is 1.